The maximum Gasteiger partial charge on any atom is 0.163 e. The van der Waals surface area contributed by atoms with Crippen molar-refractivity contribution in [2.75, 3.05) is 12.5 Å². The Morgan fingerprint density at radius 2 is 2.22 bits per heavy atom. The van der Waals surface area contributed by atoms with Gasteiger partial charge >= 0.3 is 0 Å². The lowest BCUT2D eigenvalue weighted by Crippen LogP contribution is -2.27. The number of methoxy groups -OCH3 is 1. The van der Waals surface area contributed by atoms with Crippen molar-refractivity contribution in [3.8, 4) is 0 Å². The number of hydrazine groups is 1. The van der Waals surface area contributed by atoms with Crippen LogP contribution in [0.2, 0.25) is 0 Å². The monoisotopic (exact) mass is 266 g/mol. The number of nitrogens with one attached hydrogen (secondary N) is 1. The van der Waals surface area contributed by atoms with E-state index in [1.165, 1.54) is 4.88 Å². The molecule has 18 heavy (non-hydrogen) atoms. The van der Waals surface area contributed by atoms with Gasteiger partial charge in [-0.2, -0.15) is 0 Å². The van der Waals surface area contributed by atoms with E-state index < -0.39 is 5.60 Å². The molecule has 0 amide bonds. The lowest BCUT2D eigenvalue weighted by atomic mass is 10.0. The molecule has 2 heterocycles. The quantitative estimate of drug-likeness (QED) is 0.657. The Morgan fingerprint density at radius 3 is 2.78 bits per heavy atom. The third kappa shape index (κ3) is 2.07. The molecular weight excluding hydrogens is 248 g/mol. The van der Waals surface area contributed by atoms with Crippen LogP contribution in [-0.2, 0) is 10.3 Å². The second-order valence-electron chi connectivity index (χ2n) is 4.40. The third-order valence-electron chi connectivity index (χ3n) is 3.25. The smallest absolute Gasteiger partial charge is 0.163 e. The summed E-state index contributed by atoms with van der Waals surface area (Å²) in [6.07, 6.45) is 0.795. The van der Waals surface area contributed by atoms with Crippen LogP contribution in [0.3, 0.4) is 0 Å². The molecule has 2 rings (SSSR count). The summed E-state index contributed by atoms with van der Waals surface area (Å²) >= 11 is 1.63. The summed E-state index contributed by atoms with van der Waals surface area (Å²) in [4.78, 5) is 11.2. The van der Waals surface area contributed by atoms with Gasteiger partial charge in [0.2, 0.25) is 0 Å². The highest BCUT2D eigenvalue weighted by molar-refractivity contribution is 7.18. The van der Waals surface area contributed by atoms with Gasteiger partial charge in [0.05, 0.1) is 5.39 Å². The van der Waals surface area contributed by atoms with Gasteiger partial charge in [0, 0.05) is 12.0 Å². The van der Waals surface area contributed by atoms with E-state index in [4.69, 9.17) is 10.6 Å². The number of nitrogen functional groups attached to an aromatic ring is 1. The summed E-state index contributed by atoms with van der Waals surface area (Å²) < 4.78 is 5.54. The Balaban J connectivity index is 2.66. The zero-order chi connectivity index (χ0) is 13.3. The van der Waals surface area contributed by atoms with Crippen molar-refractivity contribution < 1.29 is 4.74 Å². The standard InChI is InChI=1S/C12H18N4OS/c1-5-12(3,17-4)11-14-9(16-13)8-6-7(2)18-10(8)15-11/h6H,5,13H2,1-4H3,(H,14,15,16). The molecule has 2 aromatic rings. The van der Waals surface area contributed by atoms with Crippen LogP contribution in [0.4, 0.5) is 5.82 Å². The maximum atomic E-state index is 5.54. The Bertz CT molecular complexity index is 562. The van der Waals surface area contributed by atoms with Gasteiger partial charge in [-0.1, -0.05) is 6.92 Å². The number of hydrogen-bond acceptors (Lipinski definition) is 6. The van der Waals surface area contributed by atoms with Crippen LogP contribution in [0.15, 0.2) is 6.07 Å². The van der Waals surface area contributed by atoms with Crippen molar-refractivity contribution in [3.05, 3.63) is 16.8 Å². The fourth-order valence-corrected chi connectivity index (χ4v) is 2.66. The Kier molecular flexibility index (Phi) is 3.52. The summed E-state index contributed by atoms with van der Waals surface area (Å²) in [7, 11) is 1.67. The van der Waals surface area contributed by atoms with E-state index in [0.29, 0.717) is 11.6 Å². The van der Waals surface area contributed by atoms with Crippen LogP contribution in [0.25, 0.3) is 10.2 Å². The van der Waals surface area contributed by atoms with E-state index >= 15 is 0 Å². The molecule has 3 N–H and O–H groups in total. The van der Waals surface area contributed by atoms with Crippen molar-refractivity contribution >= 4 is 27.4 Å². The number of thiophene rings is 1. The van der Waals surface area contributed by atoms with Gasteiger partial charge < -0.3 is 10.2 Å². The predicted molar refractivity (Wildman–Crippen MR) is 74.6 cm³/mol. The van der Waals surface area contributed by atoms with Crippen LogP contribution < -0.4 is 11.3 Å². The molecule has 0 aliphatic heterocycles. The number of aryl methyl sites for hydroxylation is 1. The van der Waals surface area contributed by atoms with Gasteiger partial charge in [-0.25, -0.2) is 15.8 Å². The van der Waals surface area contributed by atoms with Gasteiger partial charge in [-0.15, -0.1) is 11.3 Å². The van der Waals surface area contributed by atoms with Crippen LogP contribution in [-0.4, -0.2) is 17.1 Å². The van der Waals surface area contributed by atoms with Gasteiger partial charge in [-0.05, 0) is 26.3 Å². The average molecular weight is 266 g/mol. The zero-order valence-corrected chi connectivity index (χ0v) is 11.9. The first-order valence-corrected chi connectivity index (χ1v) is 6.66. The third-order valence-corrected chi connectivity index (χ3v) is 4.20. The molecule has 6 heteroatoms. The number of nitrogens with zero attached hydrogens (tertiary/aromatic N) is 2. The minimum atomic E-state index is -0.488. The molecule has 0 aliphatic rings. The Labute approximate surface area is 110 Å². The fraction of sp³-hybridized carbons (Fsp3) is 0.500. The number of fused-ring (bicyclic) bond motifs is 1. The van der Waals surface area contributed by atoms with Crippen molar-refractivity contribution in [1.29, 1.82) is 0 Å². The van der Waals surface area contributed by atoms with E-state index in [2.05, 4.69) is 15.4 Å². The van der Waals surface area contributed by atoms with Gasteiger partial charge in [-0.3, -0.25) is 0 Å². The van der Waals surface area contributed by atoms with Gasteiger partial charge in [0.15, 0.2) is 11.6 Å². The molecule has 0 aromatic carbocycles. The van der Waals surface area contributed by atoms with Crippen LogP contribution in [0.1, 0.15) is 31.0 Å². The number of ether oxygens (including phenoxy) is 1. The first kappa shape index (κ1) is 13.2. The predicted octanol–water partition coefficient (Wildman–Crippen LogP) is 2.56. The highest BCUT2D eigenvalue weighted by Gasteiger charge is 2.28. The summed E-state index contributed by atoms with van der Waals surface area (Å²) in [6.45, 7) is 6.07. The summed E-state index contributed by atoms with van der Waals surface area (Å²) in [5, 5.41) is 0.957. The molecule has 5 nitrogen and oxygen atoms in total. The van der Waals surface area contributed by atoms with Crippen LogP contribution in [0, 0.1) is 6.92 Å². The topological polar surface area (TPSA) is 73.1 Å². The number of aromatic nitrogens is 2. The summed E-state index contributed by atoms with van der Waals surface area (Å²) in [5.74, 6) is 6.85. The largest absolute Gasteiger partial charge is 0.371 e. The van der Waals surface area contributed by atoms with Gasteiger partial charge in [0.25, 0.3) is 0 Å². The minimum absolute atomic E-state index is 0.488. The minimum Gasteiger partial charge on any atom is -0.371 e. The molecule has 0 spiro atoms. The molecule has 0 saturated heterocycles. The lowest BCUT2D eigenvalue weighted by Gasteiger charge is -2.25. The van der Waals surface area contributed by atoms with Crippen LogP contribution >= 0.6 is 11.3 Å². The summed E-state index contributed by atoms with van der Waals surface area (Å²) in [5.41, 5.74) is 2.16. The number of anilines is 1. The molecule has 0 saturated carbocycles. The zero-order valence-electron chi connectivity index (χ0n) is 11.1. The molecule has 0 fully saturated rings. The van der Waals surface area contributed by atoms with E-state index in [0.717, 1.165) is 16.6 Å². The van der Waals surface area contributed by atoms with E-state index in [-0.39, 0.29) is 0 Å². The molecule has 2 aromatic heterocycles. The van der Waals surface area contributed by atoms with E-state index in [9.17, 15) is 0 Å². The molecule has 98 valence electrons. The maximum absolute atomic E-state index is 5.54. The number of rotatable bonds is 4. The molecule has 0 aliphatic carbocycles. The highest BCUT2D eigenvalue weighted by Crippen LogP contribution is 2.32. The van der Waals surface area contributed by atoms with Crippen molar-refractivity contribution in [2.24, 2.45) is 5.84 Å². The lowest BCUT2D eigenvalue weighted by molar-refractivity contribution is -0.00854. The van der Waals surface area contributed by atoms with Crippen molar-refractivity contribution in [3.63, 3.8) is 0 Å². The summed E-state index contributed by atoms with van der Waals surface area (Å²) in [6, 6.07) is 2.04. The normalized spacial score (nSPS) is 14.7. The second-order valence-corrected chi connectivity index (χ2v) is 5.64. The highest BCUT2D eigenvalue weighted by atomic mass is 32.1. The molecule has 0 radical (unpaired) electrons. The van der Waals surface area contributed by atoms with Crippen molar-refractivity contribution in [2.45, 2.75) is 32.8 Å². The van der Waals surface area contributed by atoms with Gasteiger partial charge in [0.1, 0.15) is 10.4 Å². The van der Waals surface area contributed by atoms with Crippen LogP contribution in [0.5, 0.6) is 0 Å². The SMILES string of the molecule is CCC(C)(OC)c1nc(NN)c2cc(C)sc2n1. The number of hydrogen-bond donors (Lipinski definition) is 2. The van der Waals surface area contributed by atoms with E-state index in [1.807, 2.05) is 26.8 Å². The van der Waals surface area contributed by atoms with E-state index in [1.54, 1.807) is 18.4 Å². The first-order valence-electron chi connectivity index (χ1n) is 5.84. The second kappa shape index (κ2) is 4.79. The Morgan fingerprint density at radius 1 is 1.50 bits per heavy atom. The molecule has 0 bridgehead atoms. The van der Waals surface area contributed by atoms with Crippen molar-refractivity contribution in [1.82, 2.24) is 9.97 Å². The average Bonchev–Trinajstić information content (AvgIpc) is 2.76. The molecule has 1 atom stereocenters. The number of nitrogens with two attached hydrogens (primary N) is 1. The first-order chi connectivity index (χ1) is 8.54. The molecular formula is C12H18N4OS. The Hall–Kier alpha value is -1.24. The molecule has 1 unspecified atom stereocenters. The fourth-order valence-electron chi connectivity index (χ4n) is 1.78.